The zero-order valence-electron chi connectivity index (χ0n) is 39.2. The summed E-state index contributed by atoms with van der Waals surface area (Å²) < 4.78 is 17.2. The van der Waals surface area contributed by atoms with Gasteiger partial charge in [-0.25, -0.2) is 0 Å². The van der Waals surface area contributed by atoms with Crippen molar-refractivity contribution in [3.8, 4) is 0 Å². The molecule has 0 fully saturated rings. The number of unbranched alkanes of at least 4 members (excludes halogenated alkanes) is 24. The number of hydrogen-bond donors (Lipinski definition) is 0. The number of rotatable bonds is 44. The number of quaternary nitrogens is 1. The molecule has 2 atom stereocenters. The van der Waals surface area contributed by atoms with Crippen LogP contribution in [0.1, 0.15) is 219 Å². The van der Waals surface area contributed by atoms with Gasteiger partial charge in [-0.05, 0) is 70.6 Å². The molecule has 0 spiro atoms. The number of likely N-dealkylation sites (N-methyl/N-ethyl adjacent to an activating group) is 1. The highest BCUT2D eigenvalue weighted by atomic mass is 16.6. The van der Waals surface area contributed by atoms with Crippen molar-refractivity contribution < 1.29 is 38.2 Å². The third-order valence-corrected chi connectivity index (χ3v) is 11.0. The van der Waals surface area contributed by atoms with Gasteiger partial charge in [-0.3, -0.25) is 9.59 Å². The van der Waals surface area contributed by atoms with Gasteiger partial charge in [-0.2, -0.15) is 0 Å². The highest BCUT2D eigenvalue weighted by molar-refractivity contribution is 5.70. The zero-order chi connectivity index (χ0) is 43.5. The molecule has 0 aliphatic rings. The number of carboxylic acid groups (broad SMARTS) is 1. The second kappa shape index (κ2) is 42.2. The van der Waals surface area contributed by atoms with E-state index in [2.05, 4.69) is 50.3 Å². The summed E-state index contributed by atoms with van der Waals surface area (Å²) in [5, 5.41) is 11.6. The van der Waals surface area contributed by atoms with E-state index in [1.807, 2.05) is 0 Å². The first kappa shape index (κ1) is 56.5. The maximum Gasteiger partial charge on any atom is 0.306 e. The van der Waals surface area contributed by atoms with Crippen molar-refractivity contribution in [3.05, 3.63) is 36.5 Å². The Morgan fingerprint density at radius 2 is 0.898 bits per heavy atom. The lowest BCUT2D eigenvalue weighted by atomic mass is 10.0. The van der Waals surface area contributed by atoms with Crippen LogP contribution < -0.4 is 5.11 Å². The van der Waals surface area contributed by atoms with E-state index in [1.54, 1.807) is 21.1 Å². The molecule has 0 saturated heterocycles. The molecule has 0 aromatic rings. The lowest BCUT2D eigenvalue weighted by Gasteiger charge is -2.34. The zero-order valence-corrected chi connectivity index (χ0v) is 39.2. The van der Waals surface area contributed by atoms with Gasteiger partial charge in [0.2, 0.25) is 0 Å². The molecule has 0 saturated carbocycles. The smallest absolute Gasteiger partial charge is 0.306 e. The van der Waals surface area contributed by atoms with E-state index in [0.29, 0.717) is 12.8 Å². The first-order chi connectivity index (χ1) is 28.6. The van der Waals surface area contributed by atoms with E-state index in [1.165, 1.54) is 128 Å². The van der Waals surface area contributed by atoms with Gasteiger partial charge in [-0.1, -0.05) is 166 Å². The Kier molecular flexibility index (Phi) is 40.5. The third kappa shape index (κ3) is 40.7. The van der Waals surface area contributed by atoms with Crippen molar-refractivity contribution in [3.63, 3.8) is 0 Å². The third-order valence-electron chi connectivity index (χ3n) is 11.0. The summed E-state index contributed by atoms with van der Waals surface area (Å²) in [6.07, 6.45) is 48.9. The molecular formula is C51H93NO7. The van der Waals surface area contributed by atoms with Gasteiger partial charge < -0.3 is 28.6 Å². The van der Waals surface area contributed by atoms with E-state index >= 15 is 0 Å². The van der Waals surface area contributed by atoms with Crippen molar-refractivity contribution in [2.75, 3.05) is 41.0 Å². The van der Waals surface area contributed by atoms with Crippen molar-refractivity contribution >= 4 is 17.9 Å². The molecule has 2 unspecified atom stereocenters. The summed E-state index contributed by atoms with van der Waals surface area (Å²) in [6.45, 7) is 4.63. The number of esters is 2. The molecule has 0 aromatic heterocycles. The molecule has 0 aliphatic carbocycles. The molecule has 0 bridgehead atoms. The average Bonchev–Trinajstić information content (AvgIpc) is 3.19. The van der Waals surface area contributed by atoms with Crippen LogP contribution >= 0.6 is 0 Å². The second-order valence-electron chi connectivity index (χ2n) is 17.7. The molecule has 0 radical (unpaired) electrons. The van der Waals surface area contributed by atoms with Crippen LogP contribution in [0.4, 0.5) is 0 Å². The number of ether oxygens (including phenoxy) is 3. The van der Waals surface area contributed by atoms with Crippen LogP contribution in [0, 0.1) is 0 Å². The fourth-order valence-corrected chi connectivity index (χ4v) is 7.15. The molecule has 8 nitrogen and oxygen atoms in total. The first-order valence-corrected chi connectivity index (χ1v) is 24.5. The van der Waals surface area contributed by atoms with Crippen LogP contribution in [0.5, 0.6) is 0 Å². The Balaban J connectivity index is 4.21. The Morgan fingerprint density at radius 1 is 0.508 bits per heavy atom. The predicted molar refractivity (Wildman–Crippen MR) is 245 cm³/mol. The Hall–Kier alpha value is -2.45. The minimum absolute atomic E-state index is 0.0389. The Bertz CT molecular complexity index is 1060. The van der Waals surface area contributed by atoms with Gasteiger partial charge >= 0.3 is 11.9 Å². The summed E-state index contributed by atoms with van der Waals surface area (Å²) in [5.41, 5.74) is 0. The molecule has 59 heavy (non-hydrogen) atoms. The van der Waals surface area contributed by atoms with Crippen LogP contribution in [0.25, 0.3) is 0 Å². The van der Waals surface area contributed by atoms with Gasteiger partial charge in [-0.15, -0.1) is 0 Å². The lowest BCUT2D eigenvalue weighted by molar-refractivity contribution is -0.889. The minimum Gasteiger partial charge on any atom is -0.544 e. The van der Waals surface area contributed by atoms with Crippen molar-refractivity contribution in [2.24, 2.45) is 0 Å². The van der Waals surface area contributed by atoms with Crippen molar-refractivity contribution in [1.82, 2.24) is 0 Å². The number of carboxylic acids is 1. The average molecular weight is 832 g/mol. The normalized spacial score (nSPS) is 13.2. The first-order valence-electron chi connectivity index (χ1n) is 24.5. The van der Waals surface area contributed by atoms with E-state index < -0.39 is 18.1 Å². The quantitative estimate of drug-likeness (QED) is 0.0261. The number of aliphatic carboxylic acids is 1. The van der Waals surface area contributed by atoms with Crippen LogP contribution in [0.15, 0.2) is 36.5 Å². The molecule has 0 aliphatic heterocycles. The fourth-order valence-electron chi connectivity index (χ4n) is 7.15. The summed E-state index contributed by atoms with van der Waals surface area (Å²) in [4.78, 5) is 36.9. The van der Waals surface area contributed by atoms with Crippen LogP contribution in [0.3, 0.4) is 0 Å². The fraction of sp³-hybridized carbons (Fsp3) is 0.824. The van der Waals surface area contributed by atoms with Crippen molar-refractivity contribution in [1.29, 1.82) is 0 Å². The number of carbonyl (C=O) groups excluding carboxylic acids is 3. The maximum absolute atomic E-state index is 12.8. The monoisotopic (exact) mass is 832 g/mol. The largest absolute Gasteiger partial charge is 0.544 e. The maximum atomic E-state index is 12.8. The topological polar surface area (TPSA) is 102 Å². The van der Waals surface area contributed by atoms with Crippen LogP contribution in [-0.2, 0) is 28.6 Å². The number of nitrogens with zero attached hydrogens (tertiary/aromatic N) is 1. The molecule has 0 heterocycles. The lowest BCUT2D eigenvalue weighted by Crippen LogP contribution is -2.55. The predicted octanol–water partition coefficient (Wildman–Crippen LogP) is 12.5. The van der Waals surface area contributed by atoms with E-state index in [0.717, 1.165) is 57.8 Å². The van der Waals surface area contributed by atoms with Crippen LogP contribution in [0.2, 0.25) is 0 Å². The minimum atomic E-state index is -1.13. The standard InChI is InChI=1S/C51H93NO7/c1-6-8-10-12-14-16-18-20-21-22-23-24-25-26-27-28-29-30-32-34-36-38-40-42-50(54)59-47(45-57-44-43-48(51(55)56)52(3,4)5)46-58-49(53)41-39-37-35-33-31-19-17-15-13-11-9-7-2/h15,17-18,20,22-23,47-48H,6-14,16,19,21,24-46H2,1-5H3/b17-15-,20-18-,23-22-. The molecular weight excluding hydrogens is 739 g/mol. The van der Waals surface area contributed by atoms with Gasteiger partial charge in [0.05, 0.1) is 40.3 Å². The van der Waals surface area contributed by atoms with Gasteiger partial charge in [0.1, 0.15) is 12.6 Å². The Labute approximate surface area is 364 Å². The highest BCUT2D eigenvalue weighted by Gasteiger charge is 2.25. The van der Waals surface area contributed by atoms with E-state index in [9.17, 15) is 19.5 Å². The number of carbonyl (C=O) groups is 3. The molecule has 0 N–H and O–H groups in total. The van der Waals surface area contributed by atoms with Gasteiger partial charge in [0, 0.05) is 19.3 Å². The molecule has 0 aromatic carbocycles. The number of allylic oxidation sites excluding steroid dienone is 6. The summed E-state index contributed by atoms with van der Waals surface area (Å²) in [5.74, 6) is -1.74. The summed E-state index contributed by atoms with van der Waals surface area (Å²) >= 11 is 0. The summed E-state index contributed by atoms with van der Waals surface area (Å²) in [6, 6.07) is -0.726. The molecule has 344 valence electrons. The van der Waals surface area contributed by atoms with Gasteiger partial charge in [0.15, 0.2) is 6.10 Å². The van der Waals surface area contributed by atoms with Crippen molar-refractivity contribution in [2.45, 2.75) is 231 Å². The van der Waals surface area contributed by atoms with Gasteiger partial charge in [0.25, 0.3) is 0 Å². The summed E-state index contributed by atoms with van der Waals surface area (Å²) in [7, 11) is 5.41. The van der Waals surface area contributed by atoms with Crippen LogP contribution in [-0.4, -0.2) is 75.5 Å². The molecule has 0 rings (SSSR count). The molecule has 0 amide bonds. The SMILES string of the molecule is CCCCC/C=C\CCCCCCCC(=O)OCC(COCCC(C(=O)[O-])[N+](C)(C)C)OC(=O)CCCCCCCCCCCCC/C=C\C/C=C\CCCCCCC. The second-order valence-corrected chi connectivity index (χ2v) is 17.7. The molecule has 8 heteroatoms. The highest BCUT2D eigenvalue weighted by Crippen LogP contribution is 2.15. The van der Waals surface area contributed by atoms with E-state index in [-0.39, 0.29) is 42.7 Å². The van der Waals surface area contributed by atoms with E-state index in [4.69, 9.17) is 14.2 Å². The Morgan fingerprint density at radius 3 is 1.36 bits per heavy atom. The number of hydrogen-bond acceptors (Lipinski definition) is 7.